The maximum Gasteiger partial charge on any atom is 0.321 e. The summed E-state index contributed by atoms with van der Waals surface area (Å²) in [4.78, 5) is 35.0. The van der Waals surface area contributed by atoms with E-state index in [0.717, 1.165) is 24.2 Å². The van der Waals surface area contributed by atoms with Crippen molar-refractivity contribution >= 4 is 17.9 Å². The summed E-state index contributed by atoms with van der Waals surface area (Å²) in [5, 5.41) is 9.03. The van der Waals surface area contributed by atoms with Gasteiger partial charge in [-0.3, -0.25) is 19.6 Å². The van der Waals surface area contributed by atoms with Crippen molar-refractivity contribution in [2.75, 3.05) is 0 Å². The monoisotopic (exact) mass is 322 g/mol. The van der Waals surface area contributed by atoms with Gasteiger partial charge in [0.15, 0.2) is 6.10 Å². The van der Waals surface area contributed by atoms with Crippen molar-refractivity contribution in [2.45, 2.75) is 58.7 Å². The third kappa shape index (κ3) is 5.39. The number of amides is 3. The number of carbonyl (C=O) groups excluding carboxylic acids is 3. The molecule has 0 saturated heterocycles. The van der Waals surface area contributed by atoms with E-state index < -0.39 is 24.0 Å². The number of hydrogen-bond acceptors (Lipinski definition) is 5. The zero-order valence-electron chi connectivity index (χ0n) is 13.6. The van der Waals surface area contributed by atoms with E-state index in [0.29, 0.717) is 6.54 Å². The number of rotatable bonds is 6. The van der Waals surface area contributed by atoms with Gasteiger partial charge >= 0.3 is 12.0 Å². The molecule has 2 N–H and O–H groups in total. The van der Waals surface area contributed by atoms with Crippen molar-refractivity contribution in [2.24, 2.45) is 0 Å². The van der Waals surface area contributed by atoms with Gasteiger partial charge in [-0.2, -0.15) is 5.10 Å². The molecule has 1 heterocycles. The van der Waals surface area contributed by atoms with Gasteiger partial charge in [-0.05, 0) is 39.7 Å². The van der Waals surface area contributed by atoms with Gasteiger partial charge in [-0.25, -0.2) is 4.79 Å². The van der Waals surface area contributed by atoms with Gasteiger partial charge < -0.3 is 10.1 Å². The molecule has 8 heteroatoms. The Bertz CT molecular complexity index is 607. The second-order valence-corrected chi connectivity index (χ2v) is 5.77. The number of ether oxygens (including phenoxy) is 1. The summed E-state index contributed by atoms with van der Waals surface area (Å²) in [5.41, 5.74) is 1.84. The minimum atomic E-state index is -1.02. The smallest absolute Gasteiger partial charge is 0.321 e. The fourth-order valence-corrected chi connectivity index (χ4v) is 2.07. The van der Waals surface area contributed by atoms with Crippen molar-refractivity contribution in [3.8, 4) is 0 Å². The van der Waals surface area contributed by atoms with Gasteiger partial charge in [0, 0.05) is 11.7 Å². The molecule has 1 aliphatic carbocycles. The molecular formula is C15H22N4O4. The van der Waals surface area contributed by atoms with E-state index in [1.165, 1.54) is 6.92 Å². The van der Waals surface area contributed by atoms with Crippen LogP contribution in [0.25, 0.3) is 0 Å². The van der Waals surface area contributed by atoms with Crippen molar-refractivity contribution in [3.05, 3.63) is 17.5 Å². The van der Waals surface area contributed by atoms with Crippen LogP contribution in [-0.2, 0) is 20.9 Å². The maximum absolute atomic E-state index is 11.8. The highest BCUT2D eigenvalue weighted by Crippen LogP contribution is 2.18. The molecule has 1 aromatic rings. The number of urea groups is 1. The number of nitrogens with zero attached hydrogens (tertiary/aromatic N) is 2. The first kappa shape index (κ1) is 17.0. The van der Waals surface area contributed by atoms with Crippen LogP contribution >= 0.6 is 0 Å². The third-order valence-corrected chi connectivity index (χ3v) is 3.46. The summed E-state index contributed by atoms with van der Waals surface area (Å²) in [6, 6.07) is 1.52. The second-order valence-electron chi connectivity index (χ2n) is 5.77. The lowest BCUT2D eigenvalue weighted by atomic mass is 10.3. The molecule has 23 heavy (non-hydrogen) atoms. The molecule has 0 bridgehead atoms. The van der Waals surface area contributed by atoms with Crippen LogP contribution in [0.2, 0.25) is 0 Å². The van der Waals surface area contributed by atoms with Gasteiger partial charge in [0.2, 0.25) is 0 Å². The molecule has 0 spiro atoms. The lowest BCUT2D eigenvalue weighted by molar-refractivity contribution is -0.154. The average Bonchev–Trinajstić information content (AvgIpc) is 3.20. The van der Waals surface area contributed by atoms with Crippen LogP contribution in [0.5, 0.6) is 0 Å². The highest BCUT2D eigenvalue weighted by atomic mass is 16.5. The van der Waals surface area contributed by atoms with Crippen molar-refractivity contribution < 1.29 is 19.1 Å². The van der Waals surface area contributed by atoms with E-state index in [1.807, 2.05) is 19.9 Å². The van der Waals surface area contributed by atoms with Gasteiger partial charge in [0.25, 0.3) is 5.91 Å². The number of aromatic nitrogens is 2. The summed E-state index contributed by atoms with van der Waals surface area (Å²) >= 11 is 0. The molecule has 8 nitrogen and oxygen atoms in total. The van der Waals surface area contributed by atoms with Crippen LogP contribution in [-0.4, -0.2) is 39.8 Å². The molecule has 1 aromatic heterocycles. The lowest BCUT2D eigenvalue weighted by Crippen LogP contribution is -2.45. The van der Waals surface area contributed by atoms with Crippen LogP contribution in [0.3, 0.4) is 0 Å². The van der Waals surface area contributed by atoms with Crippen LogP contribution in [0, 0.1) is 13.8 Å². The number of esters is 1. The fraction of sp³-hybridized carbons (Fsp3) is 0.600. The molecule has 1 saturated carbocycles. The molecule has 1 unspecified atom stereocenters. The van der Waals surface area contributed by atoms with Gasteiger partial charge in [-0.15, -0.1) is 0 Å². The zero-order valence-corrected chi connectivity index (χ0v) is 13.6. The van der Waals surface area contributed by atoms with E-state index in [-0.39, 0.29) is 12.5 Å². The summed E-state index contributed by atoms with van der Waals surface area (Å²) < 4.78 is 6.74. The summed E-state index contributed by atoms with van der Waals surface area (Å²) in [7, 11) is 0. The normalized spacial score (nSPS) is 14.9. The maximum atomic E-state index is 11.8. The van der Waals surface area contributed by atoms with E-state index >= 15 is 0 Å². The Hall–Kier alpha value is -2.38. The van der Waals surface area contributed by atoms with Gasteiger partial charge in [-0.1, -0.05) is 0 Å². The van der Waals surface area contributed by atoms with Crippen LogP contribution in [0.1, 0.15) is 37.6 Å². The standard InChI is InChI=1S/C15H22N4O4/c1-9-8-10(2)19(18-9)7-6-13(20)23-11(3)14(21)17-15(22)16-12-4-5-12/h8,11-12H,4-7H2,1-3H3,(H2,16,17,21,22). The highest BCUT2D eigenvalue weighted by Gasteiger charge is 2.25. The molecule has 1 fully saturated rings. The van der Waals surface area contributed by atoms with Gasteiger partial charge in [0.05, 0.1) is 18.7 Å². The molecule has 2 rings (SSSR count). The molecule has 0 radical (unpaired) electrons. The quantitative estimate of drug-likeness (QED) is 0.755. The van der Waals surface area contributed by atoms with E-state index in [9.17, 15) is 14.4 Å². The zero-order chi connectivity index (χ0) is 17.0. The SMILES string of the molecule is Cc1cc(C)n(CCC(=O)OC(C)C(=O)NC(=O)NC2CC2)n1. The van der Waals surface area contributed by atoms with Crippen LogP contribution in [0.15, 0.2) is 6.07 Å². The minimum Gasteiger partial charge on any atom is -0.452 e. The van der Waals surface area contributed by atoms with Crippen molar-refractivity contribution in [3.63, 3.8) is 0 Å². The Labute approximate surface area is 134 Å². The number of aryl methyl sites for hydroxylation is 3. The third-order valence-electron chi connectivity index (χ3n) is 3.46. The van der Waals surface area contributed by atoms with Crippen molar-refractivity contribution in [1.82, 2.24) is 20.4 Å². The summed E-state index contributed by atoms with van der Waals surface area (Å²) in [6.07, 6.45) is 0.943. The molecule has 1 aliphatic rings. The Kier molecular flexibility index (Phi) is 5.36. The number of carbonyl (C=O) groups is 3. The number of hydrogen-bond donors (Lipinski definition) is 2. The molecule has 1 atom stereocenters. The topological polar surface area (TPSA) is 102 Å². The predicted molar refractivity (Wildman–Crippen MR) is 81.6 cm³/mol. The largest absolute Gasteiger partial charge is 0.452 e. The number of nitrogens with one attached hydrogen (secondary N) is 2. The van der Waals surface area contributed by atoms with E-state index in [1.54, 1.807) is 4.68 Å². The van der Waals surface area contributed by atoms with Crippen LogP contribution in [0.4, 0.5) is 4.79 Å². The molecular weight excluding hydrogens is 300 g/mol. The molecule has 0 aromatic carbocycles. The second kappa shape index (κ2) is 7.26. The highest BCUT2D eigenvalue weighted by molar-refractivity contribution is 5.97. The van der Waals surface area contributed by atoms with E-state index in [4.69, 9.17) is 4.74 Å². The van der Waals surface area contributed by atoms with Crippen LogP contribution < -0.4 is 10.6 Å². The fourth-order valence-electron chi connectivity index (χ4n) is 2.07. The first-order chi connectivity index (χ1) is 10.8. The predicted octanol–water partition coefficient (Wildman–Crippen LogP) is 0.810. The Morgan fingerprint density at radius 2 is 2.09 bits per heavy atom. The molecule has 3 amide bonds. The average molecular weight is 322 g/mol. The Morgan fingerprint density at radius 1 is 1.39 bits per heavy atom. The summed E-state index contributed by atoms with van der Waals surface area (Å²) in [5.74, 6) is -1.15. The Morgan fingerprint density at radius 3 is 2.65 bits per heavy atom. The Balaban J connectivity index is 1.71. The van der Waals surface area contributed by atoms with E-state index in [2.05, 4.69) is 15.7 Å². The first-order valence-electron chi connectivity index (χ1n) is 7.67. The van der Waals surface area contributed by atoms with Gasteiger partial charge in [0.1, 0.15) is 0 Å². The first-order valence-corrected chi connectivity index (χ1v) is 7.67. The molecule has 0 aliphatic heterocycles. The lowest BCUT2D eigenvalue weighted by Gasteiger charge is -2.13. The van der Waals surface area contributed by atoms with Crippen molar-refractivity contribution in [1.29, 1.82) is 0 Å². The molecule has 126 valence electrons. The summed E-state index contributed by atoms with van der Waals surface area (Å²) in [6.45, 7) is 5.59. The minimum absolute atomic E-state index is 0.105. The number of imide groups is 1.